The number of hydrogen-bond acceptors (Lipinski definition) is 6. The predicted molar refractivity (Wildman–Crippen MR) is 98.2 cm³/mol. The van der Waals surface area contributed by atoms with Crippen molar-refractivity contribution < 1.29 is 9.53 Å². The second-order valence-electron chi connectivity index (χ2n) is 5.39. The van der Waals surface area contributed by atoms with Crippen LogP contribution in [-0.2, 0) is 6.42 Å². The minimum absolute atomic E-state index is 0.231. The molecule has 7 heteroatoms. The molecule has 1 N–H and O–H groups in total. The van der Waals surface area contributed by atoms with Crippen molar-refractivity contribution >= 4 is 22.6 Å². The van der Waals surface area contributed by atoms with Gasteiger partial charge in [-0.3, -0.25) is 15.1 Å². The van der Waals surface area contributed by atoms with Crippen molar-refractivity contribution in [3.63, 3.8) is 0 Å². The van der Waals surface area contributed by atoms with E-state index in [1.165, 1.54) is 0 Å². The highest BCUT2D eigenvalue weighted by Gasteiger charge is 2.14. The lowest BCUT2D eigenvalue weighted by atomic mass is 10.1. The van der Waals surface area contributed by atoms with Gasteiger partial charge in [0.05, 0.1) is 18.4 Å². The Morgan fingerprint density at radius 2 is 1.92 bits per heavy atom. The summed E-state index contributed by atoms with van der Waals surface area (Å²) in [5.41, 5.74) is 3.07. The Kier molecular flexibility index (Phi) is 5.04. The molecular weight excluding hydrogens is 336 g/mol. The van der Waals surface area contributed by atoms with Crippen LogP contribution in [-0.4, -0.2) is 27.4 Å². The first kappa shape index (κ1) is 17.0. The lowest BCUT2D eigenvalue weighted by molar-refractivity contribution is 0.102. The molecule has 0 saturated carbocycles. The smallest absolute Gasteiger partial charge is 0.259 e. The first-order valence-corrected chi connectivity index (χ1v) is 8.64. The van der Waals surface area contributed by atoms with Crippen LogP contribution in [0, 0.1) is 6.92 Å². The second-order valence-corrected chi connectivity index (χ2v) is 6.15. The number of nitrogens with zero attached hydrogens (tertiary/aromatic N) is 3. The number of ether oxygens (including phenoxy) is 1. The number of benzene rings is 1. The molecule has 3 aromatic rings. The van der Waals surface area contributed by atoms with Gasteiger partial charge >= 0.3 is 0 Å². The molecule has 0 radical (unpaired) electrons. The van der Waals surface area contributed by atoms with E-state index in [0.29, 0.717) is 22.2 Å². The van der Waals surface area contributed by atoms with E-state index >= 15 is 0 Å². The van der Waals surface area contributed by atoms with Crippen LogP contribution in [0.1, 0.15) is 28.7 Å². The highest BCUT2D eigenvalue weighted by atomic mass is 32.1. The van der Waals surface area contributed by atoms with Crippen molar-refractivity contribution in [2.45, 2.75) is 20.3 Å². The Bertz CT molecular complexity index is 890. The van der Waals surface area contributed by atoms with Crippen molar-refractivity contribution in [3.05, 3.63) is 53.3 Å². The number of carbonyl (C=O) groups is 1. The molecular formula is C18H18N4O2S. The molecule has 2 aromatic heterocycles. The fraction of sp³-hybridized carbons (Fsp3) is 0.222. The summed E-state index contributed by atoms with van der Waals surface area (Å²) >= 11 is 1.15. The molecule has 0 bridgehead atoms. The summed E-state index contributed by atoms with van der Waals surface area (Å²) < 4.78 is 9.44. The fourth-order valence-electron chi connectivity index (χ4n) is 2.35. The summed E-state index contributed by atoms with van der Waals surface area (Å²) in [4.78, 5) is 21.2. The number of nitrogens with one attached hydrogen (secondary N) is 1. The Morgan fingerprint density at radius 3 is 2.56 bits per heavy atom. The Balaban J connectivity index is 1.75. The lowest BCUT2D eigenvalue weighted by Crippen LogP contribution is -2.14. The van der Waals surface area contributed by atoms with Gasteiger partial charge in [-0.05, 0) is 49.7 Å². The third-order valence-corrected chi connectivity index (χ3v) is 4.38. The van der Waals surface area contributed by atoms with Crippen molar-refractivity contribution in [2.24, 2.45) is 0 Å². The van der Waals surface area contributed by atoms with E-state index in [-0.39, 0.29) is 5.91 Å². The van der Waals surface area contributed by atoms with Crippen LogP contribution in [0.15, 0.2) is 36.4 Å². The normalized spacial score (nSPS) is 10.5. The quantitative estimate of drug-likeness (QED) is 0.755. The van der Waals surface area contributed by atoms with Gasteiger partial charge in [0.15, 0.2) is 5.82 Å². The SMILES string of the molecule is CCc1ccc(C(=O)Nc2nc(-c3ccc(OC)cc3)ns2)c(C)n1. The van der Waals surface area contributed by atoms with Crippen molar-refractivity contribution in [3.8, 4) is 17.1 Å². The Hall–Kier alpha value is -2.80. The third kappa shape index (κ3) is 3.83. The van der Waals surface area contributed by atoms with Crippen LogP contribution in [0.5, 0.6) is 5.75 Å². The molecule has 2 heterocycles. The number of anilines is 1. The van der Waals surface area contributed by atoms with Crippen LogP contribution in [0.3, 0.4) is 0 Å². The first-order chi connectivity index (χ1) is 12.1. The summed E-state index contributed by atoms with van der Waals surface area (Å²) in [5.74, 6) is 1.11. The molecule has 0 atom stereocenters. The van der Waals surface area contributed by atoms with Gasteiger partial charge in [0, 0.05) is 22.8 Å². The maximum atomic E-state index is 12.4. The largest absolute Gasteiger partial charge is 0.497 e. The average Bonchev–Trinajstić information content (AvgIpc) is 3.10. The minimum Gasteiger partial charge on any atom is -0.497 e. The summed E-state index contributed by atoms with van der Waals surface area (Å²) in [6.07, 6.45) is 0.838. The van der Waals surface area contributed by atoms with Crippen LogP contribution >= 0.6 is 11.5 Å². The van der Waals surface area contributed by atoms with Gasteiger partial charge in [0.2, 0.25) is 5.13 Å². The highest BCUT2D eigenvalue weighted by molar-refractivity contribution is 7.10. The van der Waals surface area contributed by atoms with Crippen LogP contribution < -0.4 is 10.1 Å². The van der Waals surface area contributed by atoms with Gasteiger partial charge in [-0.2, -0.15) is 9.36 Å². The zero-order chi connectivity index (χ0) is 17.8. The number of rotatable bonds is 5. The number of amides is 1. The van der Waals surface area contributed by atoms with E-state index in [2.05, 4.69) is 19.7 Å². The molecule has 1 aromatic carbocycles. The molecule has 3 rings (SSSR count). The second kappa shape index (κ2) is 7.40. The van der Waals surface area contributed by atoms with Crippen molar-refractivity contribution in [1.29, 1.82) is 0 Å². The van der Waals surface area contributed by atoms with E-state index < -0.39 is 0 Å². The highest BCUT2D eigenvalue weighted by Crippen LogP contribution is 2.23. The molecule has 25 heavy (non-hydrogen) atoms. The molecule has 128 valence electrons. The van der Waals surface area contributed by atoms with E-state index in [1.54, 1.807) is 13.2 Å². The fourth-order valence-corrected chi connectivity index (χ4v) is 2.93. The first-order valence-electron chi connectivity index (χ1n) is 7.86. The number of pyridine rings is 1. The van der Waals surface area contributed by atoms with E-state index in [4.69, 9.17) is 4.74 Å². The van der Waals surface area contributed by atoms with Gasteiger partial charge < -0.3 is 4.74 Å². The molecule has 0 fully saturated rings. The number of methoxy groups -OCH3 is 1. The molecule has 0 aliphatic carbocycles. The summed E-state index contributed by atoms with van der Waals surface area (Å²) in [7, 11) is 1.62. The molecule has 0 saturated heterocycles. The van der Waals surface area contributed by atoms with E-state index in [0.717, 1.165) is 35.0 Å². The molecule has 0 aliphatic rings. The predicted octanol–water partition coefficient (Wildman–Crippen LogP) is 3.73. The molecule has 0 unspecified atom stereocenters. The maximum Gasteiger partial charge on any atom is 0.259 e. The topological polar surface area (TPSA) is 77.0 Å². The summed E-state index contributed by atoms with van der Waals surface area (Å²) in [5, 5.41) is 3.24. The maximum absolute atomic E-state index is 12.4. The van der Waals surface area contributed by atoms with Gasteiger partial charge in [0.1, 0.15) is 5.75 Å². The van der Waals surface area contributed by atoms with Gasteiger partial charge in [0.25, 0.3) is 5.91 Å². The van der Waals surface area contributed by atoms with Gasteiger partial charge in [-0.15, -0.1) is 0 Å². The van der Waals surface area contributed by atoms with Crippen LogP contribution in [0.2, 0.25) is 0 Å². The molecule has 6 nitrogen and oxygen atoms in total. The van der Waals surface area contributed by atoms with E-state index in [1.807, 2.05) is 44.2 Å². The van der Waals surface area contributed by atoms with Crippen molar-refractivity contribution in [2.75, 3.05) is 12.4 Å². The zero-order valence-electron chi connectivity index (χ0n) is 14.2. The average molecular weight is 354 g/mol. The Labute approximate surface area is 150 Å². The van der Waals surface area contributed by atoms with Crippen molar-refractivity contribution in [1.82, 2.24) is 14.3 Å². The Morgan fingerprint density at radius 1 is 1.16 bits per heavy atom. The lowest BCUT2D eigenvalue weighted by Gasteiger charge is -2.06. The number of aromatic nitrogens is 3. The zero-order valence-corrected chi connectivity index (χ0v) is 15.1. The number of carbonyl (C=O) groups excluding carboxylic acids is 1. The number of aryl methyl sites for hydroxylation is 2. The third-order valence-electron chi connectivity index (χ3n) is 3.75. The number of hydrogen-bond donors (Lipinski definition) is 1. The standard InChI is InChI=1S/C18H18N4O2S/c1-4-13-7-10-15(11(2)19-13)17(23)21-18-20-16(22-25-18)12-5-8-14(24-3)9-6-12/h5-10H,4H2,1-3H3,(H,20,21,22,23). The summed E-state index contributed by atoms with van der Waals surface area (Å²) in [6, 6.07) is 11.1. The van der Waals surface area contributed by atoms with Crippen LogP contribution in [0.4, 0.5) is 5.13 Å². The van der Waals surface area contributed by atoms with E-state index in [9.17, 15) is 4.79 Å². The van der Waals surface area contributed by atoms with Gasteiger partial charge in [-0.25, -0.2) is 0 Å². The molecule has 1 amide bonds. The van der Waals surface area contributed by atoms with Crippen LogP contribution in [0.25, 0.3) is 11.4 Å². The monoisotopic (exact) mass is 354 g/mol. The molecule has 0 aliphatic heterocycles. The molecule has 0 spiro atoms. The summed E-state index contributed by atoms with van der Waals surface area (Å²) in [6.45, 7) is 3.86. The minimum atomic E-state index is -0.231. The van der Waals surface area contributed by atoms with Gasteiger partial charge in [-0.1, -0.05) is 6.92 Å².